The van der Waals surface area contributed by atoms with Crippen LogP contribution >= 0.6 is 0 Å². The van der Waals surface area contributed by atoms with Gasteiger partial charge in [-0.1, -0.05) is 20.8 Å². The summed E-state index contributed by atoms with van der Waals surface area (Å²) in [5.41, 5.74) is 0.192. The minimum absolute atomic E-state index is 0.0611. The third-order valence-corrected chi connectivity index (χ3v) is 2.41. The van der Waals surface area contributed by atoms with Crippen LogP contribution in [0.3, 0.4) is 0 Å². The summed E-state index contributed by atoms with van der Waals surface area (Å²) in [5, 5.41) is 9.67. The third-order valence-electron chi connectivity index (χ3n) is 2.41. The molecule has 0 bridgehead atoms. The second-order valence-corrected chi connectivity index (χ2v) is 3.77. The quantitative estimate of drug-likeness (QED) is 0.522. The predicted molar refractivity (Wildman–Crippen MR) is 50.1 cm³/mol. The molecule has 0 fully saturated rings. The molecule has 0 aromatic heterocycles. The van der Waals surface area contributed by atoms with E-state index in [1.54, 1.807) is 6.92 Å². The molecule has 0 unspecified atom stereocenters. The highest BCUT2D eigenvalue weighted by molar-refractivity contribution is 5.93. The molecule has 2 nitrogen and oxygen atoms in total. The Morgan fingerprint density at radius 3 is 2.00 bits per heavy atom. The first-order valence-electron chi connectivity index (χ1n) is 4.24. The fourth-order valence-corrected chi connectivity index (χ4v) is 0.842. The van der Waals surface area contributed by atoms with Crippen molar-refractivity contribution in [3.05, 3.63) is 11.3 Å². The predicted octanol–water partition coefficient (Wildman–Crippen LogP) is 2.84. The minimum atomic E-state index is -0.282. The Kier molecular flexibility index (Phi) is 3.50. The van der Waals surface area contributed by atoms with Crippen molar-refractivity contribution in [1.82, 2.24) is 0 Å². The van der Waals surface area contributed by atoms with Crippen LogP contribution in [0.15, 0.2) is 11.3 Å². The molecule has 0 rings (SSSR count). The Morgan fingerprint density at radius 2 is 1.75 bits per heavy atom. The molecule has 0 saturated carbocycles. The number of ketones is 1. The molecule has 12 heavy (non-hydrogen) atoms. The van der Waals surface area contributed by atoms with Crippen molar-refractivity contribution in [2.75, 3.05) is 0 Å². The van der Waals surface area contributed by atoms with Crippen LogP contribution in [0.4, 0.5) is 0 Å². The number of aliphatic hydroxyl groups is 1. The summed E-state index contributed by atoms with van der Waals surface area (Å²) in [5.74, 6) is 0.159. The molecule has 0 aromatic carbocycles. The number of carbonyl (C=O) groups is 1. The van der Waals surface area contributed by atoms with Gasteiger partial charge in [0.05, 0.1) is 0 Å². The zero-order chi connectivity index (χ0) is 9.94. The molecule has 0 aliphatic heterocycles. The molecular weight excluding hydrogens is 152 g/mol. The molecule has 0 atom stereocenters. The Morgan fingerprint density at radius 1 is 1.33 bits per heavy atom. The topological polar surface area (TPSA) is 37.3 Å². The van der Waals surface area contributed by atoms with Gasteiger partial charge in [0.1, 0.15) is 5.76 Å². The normalized spacial score (nSPS) is 14.1. The van der Waals surface area contributed by atoms with Crippen molar-refractivity contribution in [3.63, 3.8) is 0 Å². The number of hydrogen-bond donors (Lipinski definition) is 1. The standard InChI is InChI=1S/C10H18O2/c1-6-10(4,5)9(12)7(2)8(3)11/h12H,6H2,1-5H3. The van der Waals surface area contributed by atoms with Gasteiger partial charge in [-0.05, 0) is 20.3 Å². The van der Waals surface area contributed by atoms with E-state index in [2.05, 4.69) is 0 Å². The molecule has 0 saturated heterocycles. The molecule has 1 N–H and O–H groups in total. The SMILES string of the molecule is CCC(C)(C)C(O)=C(C)C(C)=O. The monoisotopic (exact) mass is 170 g/mol. The molecule has 0 amide bonds. The average Bonchev–Trinajstić information content (AvgIpc) is 2.01. The maximum absolute atomic E-state index is 10.9. The molecule has 2 heteroatoms. The van der Waals surface area contributed by atoms with Gasteiger partial charge in [-0.3, -0.25) is 4.79 Å². The van der Waals surface area contributed by atoms with E-state index < -0.39 is 0 Å². The Bertz CT molecular complexity index is 212. The molecule has 0 aromatic rings. The molecule has 0 radical (unpaired) electrons. The van der Waals surface area contributed by atoms with Crippen LogP contribution in [0.5, 0.6) is 0 Å². The molecule has 0 heterocycles. The maximum Gasteiger partial charge on any atom is 0.158 e. The zero-order valence-electron chi connectivity index (χ0n) is 8.56. The van der Waals surface area contributed by atoms with Crippen molar-refractivity contribution in [3.8, 4) is 0 Å². The number of rotatable bonds is 3. The zero-order valence-corrected chi connectivity index (χ0v) is 8.56. The van der Waals surface area contributed by atoms with E-state index in [-0.39, 0.29) is 17.0 Å². The van der Waals surface area contributed by atoms with E-state index in [1.807, 2.05) is 20.8 Å². The van der Waals surface area contributed by atoms with Crippen molar-refractivity contribution in [2.24, 2.45) is 5.41 Å². The average molecular weight is 170 g/mol. The van der Waals surface area contributed by atoms with Crippen LogP contribution in [-0.2, 0) is 4.79 Å². The van der Waals surface area contributed by atoms with Crippen LogP contribution < -0.4 is 0 Å². The molecule has 0 aliphatic carbocycles. The van der Waals surface area contributed by atoms with Gasteiger partial charge >= 0.3 is 0 Å². The summed E-state index contributed by atoms with van der Waals surface area (Å²) < 4.78 is 0. The van der Waals surface area contributed by atoms with Gasteiger partial charge in [0.2, 0.25) is 0 Å². The Balaban J connectivity index is 4.90. The molecular formula is C10H18O2. The highest BCUT2D eigenvalue weighted by Gasteiger charge is 2.23. The van der Waals surface area contributed by atoms with Gasteiger partial charge in [0.25, 0.3) is 0 Å². The first-order valence-corrected chi connectivity index (χ1v) is 4.24. The summed E-state index contributed by atoms with van der Waals surface area (Å²) in [4.78, 5) is 10.9. The summed E-state index contributed by atoms with van der Waals surface area (Å²) in [7, 11) is 0. The van der Waals surface area contributed by atoms with E-state index in [4.69, 9.17) is 0 Å². The smallest absolute Gasteiger partial charge is 0.158 e. The van der Waals surface area contributed by atoms with Gasteiger partial charge < -0.3 is 5.11 Å². The highest BCUT2D eigenvalue weighted by atomic mass is 16.3. The first-order chi connectivity index (χ1) is 5.33. The fourth-order valence-electron chi connectivity index (χ4n) is 0.842. The molecule has 70 valence electrons. The van der Waals surface area contributed by atoms with E-state index in [0.717, 1.165) is 6.42 Å². The lowest BCUT2D eigenvalue weighted by Crippen LogP contribution is -2.16. The van der Waals surface area contributed by atoms with Crippen LogP contribution in [0, 0.1) is 5.41 Å². The lowest BCUT2D eigenvalue weighted by atomic mass is 9.85. The van der Waals surface area contributed by atoms with Gasteiger partial charge in [-0.2, -0.15) is 0 Å². The molecule has 0 spiro atoms. The largest absolute Gasteiger partial charge is 0.511 e. The summed E-state index contributed by atoms with van der Waals surface area (Å²) in [6.07, 6.45) is 0.823. The Labute approximate surface area is 74.3 Å². The second kappa shape index (κ2) is 3.74. The van der Waals surface area contributed by atoms with E-state index in [0.29, 0.717) is 5.57 Å². The van der Waals surface area contributed by atoms with E-state index in [1.165, 1.54) is 6.92 Å². The van der Waals surface area contributed by atoms with Gasteiger partial charge in [-0.25, -0.2) is 0 Å². The van der Waals surface area contributed by atoms with Gasteiger partial charge in [0.15, 0.2) is 5.78 Å². The number of Topliss-reactive ketones (excluding diaryl/α,β-unsaturated/α-hetero) is 1. The number of carbonyl (C=O) groups excluding carboxylic acids is 1. The second-order valence-electron chi connectivity index (χ2n) is 3.77. The lowest BCUT2D eigenvalue weighted by Gasteiger charge is -2.23. The minimum Gasteiger partial charge on any atom is -0.511 e. The molecule has 0 aliphatic rings. The number of allylic oxidation sites excluding steroid dienone is 2. The van der Waals surface area contributed by atoms with Crippen LogP contribution in [0.25, 0.3) is 0 Å². The maximum atomic E-state index is 10.9. The van der Waals surface area contributed by atoms with Crippen molar-refractivity contribution in [1.29, 1.82) is 0 Å². The third kappa shape index (κ3) is 2.36. The van der Waals surface area contributed by atoms with E-state index >= 15 is 0 Å². The van der Waals surface area contributed by atoms with Crippen LogP contribution in [0.1, 0.15) is 41.0 Å². The number of aliphatic hydroxyl groups excluding tert-OH is 1. The highest BCUT2D eigenvalue weighted by Crippen LogP contribution is 2.30. The fraction of sp³-hybridized carbons (Fsp3) is 0.700. The first kappa shape index (κ1) is 11.2. The van der Waals surface area contributed by atoms with Crippen molar-refractivity contribution in [2.45, 2.75) is 41.0 Å². The summed E-state index contributed by atoms with van der Waals surface area (Å²) >= 11 is 0. The van der Waals surface area contributed by atoms with Gasteiger partial charge in [-0.15, -0.1) is 0 Å². The van der Waals surface area contributed by atoms with Gasteiger partial charge in [0, 0.05) is 11.0 Å². The van der Waals surface area contributed by atoms with Crippen LogP contribution in [-0.4, -0.2) is 10.9 Å². The number of hydrogen-bond acceptors (Lipinski definition) is 2. The summed E-state index contributed by atoms with van der Waals surface area (Å²) in [6, 6.07) is 0. The van der Waals surface area contributed by atoms with Crippen molar-refractivity contribution >= 4 is 5.78 Å². The lowest BCUT2D eigenvalue weighted by molar-refractivity contribution is -0.113. The Hall–Kier alpha value is -0.790. The van der Waals surface area contributed by atoms with Crippen LogP contribution in [0.2, 0.25) is 0 Å². The van der Waals surface area contributed by atoms with Crippen molar-refractivity contribution < 1.29 is 9.90 Å². The summed E-state index contributed by atoms with van der Waals surface area (Å²) in [6.45, 7) is 8.97. The van der Waals surface area contributed by atoms with E-state index in [9.17, 15) is 9.90 Å².